The van der Waals surface area contributed by atoms with Gasteiger partial charge < -0.3 is 14.4 Å². The number of para-hydroxylation sites is 2. The molecule has 9 heteroatoms. The Bertz CT molecular complexity index is 1010. The maximum Gasteiger partial charge on any atom is 0.273 e. The lowest BCUT2D eigenvalue weighted by molar-refractivity contribution is -0.127. The molecule has 6 nitrogen and oxygen atoms in total. The first-order chi connectivity index (χ1) is 13.5. The lowest BCUT2D eigenvalue weighted by Gasteiger charge is -2.30. The summed E-state index contributed by atoms with van der Waals surface area (Å²) >= 11 is 7.54. The molecule has 1 aliphatic rings. The molecular formula is C20H21Cl2N3O3S. The standard InChI is InChI=1S/C20H20ClN3O3S.ClH/c1-23(2)9-10-24(20-22-14-8-7-13(21)11-18(14)28-20)19(25)17-12-26-15-5-3-4-6-16(15)27-17;/h3-8,11,17H,9-10,12H2,1-2H3;1H. The number of hydrogen-bond donors (Lipinski definition) is 0. The Morgan fingerprint density at radius 3 is 2.72 bits per heavy atom. The average molecular weight is 454 g/mol. The van der Waals surface area contributed by atoms with E-state index in [4.69, 9.17) is 21.1 Å². The highest BCUT2D eigenvalue weighted by atomic mass is 35.5. The number of carbonyl (C=O) groups is 1. The quantitative estimate of drug-likeness (QED) is 0.581. The molecule has 3 aromatic rings. The molecule has 0 aliphatic carbocycles. The maximum atomic E-state index is 13.3. The second-order valence-corrected chi connectivity index (χ2v) is 8.21. The monoisotopic (exact) mass is 453 g/mol. The molecule has 2 aromatic carbocycles. The normalized spacial score (nSPS) is 15.2. The van der Waals surface area contributed by atoms with Crippen LogP contribution in [0, 0.1) is 0 Å². The number of likely N-dealkylation sites (N-methyl/N-ethyl adjacent to an activating group) is 1. The van der Waals surface area contributed by atoms with Crippen molar-refractivity contribution in [3.8, 4) is 11.5 Å². The van der Waals surface area contributed by atoms with Gasteiger partial charge in [-0.25, -0.2) is 4.98 Å². The van der Waals surface area contributed by atoms with Gasteiger partial charge in [-0.15, -0.1) is 12.4 Å². The summed E-state index contributed by atoms with van der Waals surface area (Å²) in [5.41, 5.74) is 0.818. The largest absolute Gasteiger partial charge is 0.485 e. The molecule has 1 amide bonds. The number of amides is 1. The number of thiazole rings is 1. The molecule has 1 unspecified atom stereocenters. The Morgan fingerprint density at radius 2 is 1.97 bits per heavy atom. The van der Waals surface area contributed by atoms with Crippen molar-refractivity contribution in [2.75, 3.05) is 38.7 Å². The summed E-state index contributed by atoms with van der Waals surface area (Å²) in [6, 6.07) is 12.9. The number of carbonyl (C=O) groups excluding carboxylic acids is 1. The molecule has 0 saturated heterocycles. The number of hydrogen-bond acceptors (Lipinski definition) is 6. The first-order valence-corrected chi connectivity index (χ1v) is 10.1. The van der Waals surface area contributed by atoms with E-state index >= 15 is 0 Å². The highest BCUT2D eigenvalue weighted by Gasteiger charge is 2.33. The van der Waals surface area contributed by atoms with E-state index in [9.17, 15) is 4.79 Å². The van der Waals surface area contributed by atoms with Crippen LogP contribution >= 0.6 is 35.3 Å². The van der Waals surface area contributed by atoms with Gasteiger partial charge in [0.1, 0.15) is 6.61 Å². The zero-order valence-corrected chi connectivity index (χ0v) is 18.4. The average Bonchev–Trinajstić information content (AvgIpc) is 3.10. The summed E-state index contributed by atoms with van der Waals surface area (Å²) < 4.78 is 12.6. The zero-order chi connectivity index (χ0) is 19.7. The van der Waals surface area contributed by atoms with Crippen LogP contribution in [0.5, 0.6) is 11.5 Å². The lowest BCUT2D eigenvalue weighted by atomic mass is 10.2. The van der Waals surface area contributed by atoms with Gasteiger partial charge in [0.25, 0.3) is 5.91 Å². The summed E-state index contributed by atoms with van der Waals surface area (Å²) in [6.07, 6.45) is -0.715. The zero-order valence-electron chi connectivity index (χ0n) is 16.0. The van der Waals surface area contributed by atoms with E-state index in [1.54, 1.807) is 17.0 Å². The van der Waals surface area contributed by atoms with Crippen LogP contribution in [0.3, 0.4) is 0 Å². The Balaban J connectivity index is 0.00000240. The number of ether oxygens (including phenoxy) is 2. The third-order valence-electron chi connectivity index (χ3n) is 4.39. The fraction of sp³-hybridized carbons (Fsp3) is 0.300. The summed E-state index contributed by atoms with van der Waals surface area (Å²) in [5.74, 6) is 1.07. The van der Waals surface area contributed by atoms with Crippen molar-refractivity contribution in [1.82, 2.24) is 9.88 Å². The Morgan fingerprint density at radius 1 is 1.21 bits per heavy atom. The molecule has 1 aliphatic heterocycles. The molecule has 0 fully saturated rings. The summed E-state index contributed by atoms with van der Waals surface area (Å²) in [5, 5.41) is 1.28. The Labute approximate surface area is 184 Å². The molecule has 0 radical (unpaired) electrons. The predicted molar refractivity (Wildman–Crippen MR) is 119 cm³/mol. The van der Waals surface area contributed by atoms with E-state index in [2.05, 4.69) is 4.98 Å². The van der Waals surface area contributed by atoms with Crippen molar-refractivity contribution >= 4 is 56.6 Å². The molecule has 1 aromatic heterocycles. The Kier molecular flexibility index (Phi) is 6.85. The van der Waals surface area contributed by atoms with Gasteiger partial charge in [-0.05, 0) is 44.4 Å². The molecule has 0 N–H and O–H groups in total. The maximum absolute atomic E-state index is 13.3. The van der Waals surface area contributed by atoms with Crippen LogP contribution < -0.4 is 14.4 Å². The number of aromatic nitrogens is 1. The van der Waals surface area contributed by atoms with E-state index in [1.165, 1.54) is 11.3 Å². The molecule has 0 bridgehead atoms. The SMILES string of the molecule is CN(C)CCN(C(=O)C1COc2ccccc2O1)c1nc2ccc(Cl)cc2s1.Cl. The second-order valence-electron chi connectivity index (χ2n) is 6.77. The molecule has 2 heterocycles. The minimum absolute atomic E-state index is 0. The van der Waals surface area contributed by atoms with Gasteiger partial charge in [0.05, 0.1) is 10.2 Å². The van der Waals surface area contributed by atoms with Gasteiger partial charge in [-0.3, -0.25) is 9.69 Å². The van der Waals surface area contributed by atoms with E-state index in [0.717, 1.165) is 10.2 Å². The number of fused-ring (bicyclic) bond motifs is 2. The van der Waals surface area contributed by atoms with Crippen molar-refractivity contribution < 1.29 is 14.3 Å². The molecule has 1 atom stereocenters. The van der Waals surface area contributed by atoms with E-state index < -0.39 is 6.10 Å². The summed E-state index contributed by atoms with van der Waals surface area (Å²) in [4.78, 5) is 21.7. The van der Waals surface area contributed by atoms with Crippen LogP contribution in [-0.4, -0.2) is 55.7 Å². The Hall–Kier alpha value is -2.06. The third kappa shape index (κ3) is 4.75. The van der Waals surface area contributed by atoms with Gasteiger partial charge in [0, 0.05) is 18.1 Å². The lowest BCUT2D eigenvalue weighted by Crippen LogP contribution is -2.48. The third-order valence-corrected chi connectivity index (χ3v) is 5.67. The predicted octanol–water partition coefficient (Wildman–Crippen LogP) is 4.11. The molecule has 0 saturated carbocycles. The number of halogens is 2. The van der Waals surface area contributed by atoms with Crippen LogP contribution in [0.15, 0.2) is 42.5 Å². The molecule has 154 valence electrons. The number of rotatable bonds is 5. The highest BCUT2D eigenvalue weighted by molar-refractivity contribution is 7.22. The van der Waals surface area contributed by atoms with Crippen LogP contribution in [0.4, 0.5) is 5.13 Å². The minimum atomic E-state index is -0.715. The van der Waals surface area contributed by atoms with Crippen molar-refractivity contribution in [3.63, 3.8) is 0 Å². The molecule has 4 rings (SSSR count). The van der Waals surface area contributed by atoms with Gasteiger partial charge in [0.15, 0.2) is 16.6 Å². The van der Waals surface area contributed by atoms with Gasteiger partial charge in [0.2, 0.25) is 6.10 Å². The molecule has 29 heavy (non-hydrogen) atoms. The van der Waals surface area contributed by atoms with E-state index in [1.807, 2.05) is 49.3 Å². The minimum Gasteiger partial charge on any atom is -0.485 e. The van der Waals surface area contributed by atoms with Gasteiger partial charge in [-0.1, -0.05) is 35.1 Å². The van der Waals surface area contributed by atoms with Crippen LogP contribution in [0.2, 0.25) is 5.02 Å². The number of benzene rings is 2. The van der Waals surface area contributed by atoms with Gasteiger partial charge in [-0.2, -0.15) is 0 Å². The fourth-order valence-corrected chi connectivity index (χ4v) is 4.19. The summed E-state index contributed by atoms with van der Waals surface area (Å²) in [7, 11) is 3.94. The summed E-state index contributed by atoms with van der Waals surface area (Å²) in [6.45, 7) is 1.37. The molecular weight excluding hydrogens is 433 g/mol. The van der Waals surface area contributed by atoms with Crippen LogP contribution in [0.25, 0.3) is 10.2 Å². The van der Waals surface area contributed by atoms with Crippen molar-refractivity contribution in [1.29, 1.82) is 0 Å². The van der Waals surface area contributed by atoms with E-state index in [0.29, 0.717) is 34.7 Å². The highest BCUT2D eigenvalue weighted by Crippen LogP contribution is 2.34. The van der Waals surface area contributed by atoms with Crippen molar-refractivity contribution in [3.05, 3.63) is 47.5 Å². The molecule has 0 spiro atoms. The smallest absolute Gasteiger partial charge is 0.273 e. The first-order valence-electron chi connectivity index (χ1n) is 8.92. The van der Waals surface area contributed by atoms with Crippen LogP contribution in [-0.2, 0) is 4.79 Å². The van der Waals surface area contributed by atoms with Crippen molar-refractivity contribution in [2.24, 2.45) is 0 Å². The van der Waals surface area contributed by atoms with Crippen molar-refractivity contribution in [2.45, 2.75) is 6.10 Å². The number of anilines is 1. The van der Waals surface area contributed by atoms with Crippen LogP contribution in [0.1, 0.15) is 0 Å². The fourth-order valence-electron chi connectivity index (χ4n) is 2.92. The van der Waals surface area contributed by atoms with E-state index in [-0.39, 0.29) is 24.9 Å². The first kappa shape index (κ1) is 21.6. The topological polar surface area (TPSA) is 54.9 Å². The number of nitrogens with zero attached hydrogens (tertiary/aromatic N) is 3. The second kappa shape index (κ2) is 9.17. The van der Waals surface area contributed by atoms with Gasteiger partial charge >= 0.3 is 0 Å².